The Morgan fingerprint density at radius 3 is 2.53 bits per heavy atom. The van der Waals surface area contributed by atoms with Crippen molar-refractivity contribution in [2.45, 2.75) is 33.1 Å². The lowest BCUT2D eigenvalue weighted by molar-refractivity contribution is -0.303. The molecule has 0 N–H and O–H groups in total. The lowest BCUT2D eigenvalue weighted by Crippen LogP contribution is -2.26. The van der Waals surface area contributed by atoms with Crippen molar-refractivity contribution in [3.05, 3.63) is 24.0 Å². The highest BCUT2D eigenvalue weighted by Crippen LogP contribution is 2.41. The van der Waals surface area contributed by atoms with Crippen LogP contribution in [0.15, 0.2) is 24.0 Å². The number of ether oxygens (including phenoxy) is 1. The summed E-state index contributed by atoms with van der Waals surface area (Å²) in [5.41, 5.74) is -0.382. The minimum absolute atomic E-state index is 0.182. The number of alkyl halides is 3. The smallest absolute Gasteiger partial charge is 0.406 e. The fourth-order valence-corrected chi connectivity index (χ4v) is 1.79. The summed E-state index contributed by atoms with van der Waals surface area (Å²) in [5, 5.41) is 8.77. The third kappa shape index (κ3) is 3.52. The van der Waals surface area contributed by atoms with Crippen molar-refractivity contribution in [1.29, 1.82) is 5.26 Å². The van der Waals surface area contributed by atoms with Crippen LogP contribution in [0.1, 0.15) is 26.7 Å². The van der Waals surface area contributed by atoms with E-state index < -0.39 is 6.36 Å². The number of rotatable bonds is 3. The highest BCUT2D eigenvalue weighted by molar-refractivity contribution is 5.24. The molecule has 0 amide bonds. The van der Waals surface area contributed by atoms with Crippen molar-refractivity contribution in [2.75, 3.05) is 0 Å². The third-order valence-corrected chi connectivity index (χ3v) is 3.05. The molecule has 0 fully saturated rings. The average Bonchev–Trinajstić information content (AvgIpc) is 2.19. The number of hydrogen-bond donors (Lipinski definition) is 0. The molecule has 94 valence electrons. The second-order valence-electron chi connectivity index (χ2n) is 4.41. The molecule has 5 heteroatoms. The van der Waals surface area contributed by atoms with Crippen molar-refractivity contribution in [1.82, 2.24) is 0 Å². The van der Waals surface area contributed by atoms with Gasteiger partial charge < -0.3 is 4.74 Å². The summed E-state index contributed by atoms with van der Waals surface area (Å²) >= 11 is 0. The lowest BCUT2D eigenvalue weighted by Gasteiger charge is -2.34. The number of nitrogens with zero attached hydrogens (tertiary/aromatic N) is 1. The van der Waals surface area contributed by atoms with E-state index in [0.29, 0.717) is 6.42 Å². The van der Waals surface area contributed by atoms with Crippen LogP contribution in [0.2, 0.25) is 0 Å². The largest absolute Gasteiger partial charge is 0.573 e. The van der Waals surface area contributed by atoms with Gasteiger partial charge in [0.25, 0.3) is 0 Å². The molecule has 0 bridgehead atoms. The number of nitriles is 1. The van der Waals surface area contributed by atoms with Gasteiger partial charge in [-0.2, -0.15) is 5.26 Å². The molecule has 0 heterocycles. The van der Waals surface area contributed by atoms with Crippen LogP contribution in [0, 0.1) is 22.7 Å². The molecule has 1 rings (SSSR count). The summed E-state index contributed by atoms with van der Waals surface area (Å²) in [4.78, 5) is 0. The fraction of sp³-hybridized carbons (Fsp3) is 0.583. The maximum atomic E-state index is 12.0. The molecule has 0 aliphatic heterocycles. The normalized spacial score (nSPS) is 24.4. The molecule has 0 saturated carbocycles. The van der Waals surface area contributed by atoms with Gasteiger partial charge in [-0.1, -0.05) is 19.9 Å². The second-order valence-corrected chi connectivity index (χ2v) is 4.41. The maximum absolute atomic E-state index is 12.0. The van der Waals surface area contributed by atoms with Crippen LogP contribution >= 0.6 is 0 Å². The van der Waals surface area contributed by atoms with Crippen LogP contribution in [0.5, 0.6) is 0 Å². The van der Waals surface area contributed by atoms with E-state index in [1.807, 2.05) is 13.8 Å². The molecule has 0 aromatic carbocycles. The Balaban J connectivity index is 2.78. The topological polar surface area (TPSA) is 33.0 Å². The highest BCUT2D eigenvalue weighted by atomic mass is 19.4. The number of hydrogen-bond acceptors (Lipinski definition) is 2. The standard InChI is InChI=1S/C12H14F3NO/c1-9(2)11(7-8-16)5-3-10(4-6-11)17-12(13,14)15/h3-5,9H,6-7H2,1-2H3. The van der Waals surface area contributed by atoms with Gasteiger partial charge >= 0.3 is 6.36 Å². The van der Waals surface area contributed by atoms with E-state index in [2.05, 4.69) is 10.8 Å². The molecule has 0 spiro atoms. The van der Waals surface area contributed by atoms with Gasteiger partial charge in [-0.05, 0) is 24.5 Å². The minimum atomic E-state index is -4.66. The Morgan fingerprint density at radius 1 is 1.53 bits per heavy atom. The molecule has 1 aliphatic rings. The lowest BCUT2D eigenvalue weighted by atomic mass is 9.70. The van der Waals surface area contributed by atoms with Crippen molar-refractivity contribution in [3.63, 3.8) is 0 Å². The molecule has 0 radical (unpaired) electrons. The monoisotopic (exact) mass is 245 g/mol. The van der Waals surface area contributed by atoms with Gasteiger partial charge in [0.15, 0.2) is 0 Å². The van der Waals surface area contributed by atoms with Crippen LogP contribution in [0.4, 0.5) is 13.2 Å². The molecule has 1 unspecified atom stereocenters. The minimum Gasteiger partial charge on any atom is -0.406 e. The first-order chi connectivity index (χ1) is 7.79. The molecule has 0 aromatic heterocycles. The summed E-state index contributed by atoms with van der Waals surface area (Å²) < 4.78 is 39.8. The summed E-state index contributed by atoms with van der Waals surface area (Å²) in [7, 11) is 0. The van der Waals surface area contributed by atoms with Gasteiger partial charge in [-0.3, -0.25) is 0 Å². The maximum Gasteiger partial charge on any atom is 0.573 e. The predicted molar refractivity (Wildman–Crippen MR) is 56.5 cm³/mol. The molecule has 0 aromatic rings. The zero-order chi connectivity index (χ0) is 13.1. The third-order valence-electron chi connectivity index (χ3n) is 3.05. The van der Waals surface area contributed by atoms with E-state index >= 15 is 0 Å². The van der Waals surface area contributed by atoms with E-state index in [9.17, 15) is 13.2 Å². The molecule has 2 nitrogen and oxygen atoms in total. The van der Waals surface area contributed by atoms with Crippen molar-refractivity contribution in [2.24, 2.45) is 11.3 Å². The summed E-state index contributed by atoms with van der Waals surface area (Å²) in [6.45, 7) is 3.90. The Bertz CT molecular complexity index is 376. The van der Waals surface area contributed by atoms with Crippen LogP contribution in [0.25, 0.3) is 0 Å². The zero-order valence-electron chi connectivity index (χ0n) is 9.71. The number of halogens is 3. The van der Waals surface area contributed by atoms with Crippen LogP contribution < -0.4 is 0 Å². The van der Waals surface area contributed by atoms with E-state index in [4.69, 9.17) is 5.26 Å². The van der Waals surface area contributed by atoms with E-state index in [-0.39, 0.29) is 23.5 Å². The summed E-state index contributed by atoms with van der Waals surface area (Å²) in [5.74, 6) is -0.0196. The molecule has 1 aliphatic carbocycles. The van der Waals surface area contributed by atoms with E-state index in [1.165, 1.54) is 12.2 Å². The Labute approximate surface area is 98.4 Å². The SMILES string of the molecule is CC(C)C1(CC#N)C=CC(OC(F)(F)F)=CC1. The molecular weight excluding hydrogens is 231 g/mol. The van der Waals surface area contributed by atoms with Gasteiger partial charge in [0.05, 0.1) is 6.07 Å². The van der Waals surface area contributed by atoms with E-state index in [1.54, 1.807) is 6.08 Å². The van der Waals surface area contributed by atoms with Gasteiger partial charge in [0.1, 0.15) is 5.76 Å². The van der Waals surface area contributed by atoms with E-state index in [0.717, 1.165) is 0 Å². The number of allylic oxidation sites excluding steroid dienone is 3. The molecule has 0 saturated heterocycles. The highest BCUT2D eigenvalue weighted by Gasteiger charge is 2.35. The molecule has 17 heavy (non-hydrogen) atoms. The van der Waals surface area contributed by atoms with Gasteiger partial charge in [-0.15, -0.1) is 13.2 Å². The van der Waals surface area contributed by atoms with Crippen LogP contribution in [-0.4, -0.2) is 6.36 Å². The summed E-state index contributed by atoms with van der Waals surface area (Å²) in [6, 6.07) is 2.08. The first-order valence-electron chi connectivity index (χ1n) is 5.31. The first kappa shape index (κ1) is 13.6. The Kier molecular flexibility index (Phi) is 3.87. The molecular formula is C12H14F3NO. The van der Waals surface area contributed by atoms with Gasteiger partial charge in [0.2, 0.25) is 0 Å². The zero-order valence-corrected chi connectivity index (χ0v) is 9.71. The van der Waals surface area contributed by atoms with Crippen molar-refractivity contribution >= 4 is 0 Å². The van der Waals surface area contributed by atoms with Crippen LogP contribution in [-0.2, 0) is 4.74 Å². The Morgan fingerprint density at radius 2 is 2.18 bits per heavy atom. The van der Waals surface area contributed by atoms with Crippen molar-refractivity contribution < 1.29 is 17.9 Å². The average molecular weight is 245 g/mol. The molecule has 1 atom stereocenters. The van der Waals surface area contributed by atoms with Crippen molar-refractivity contribution in [3.8, 4) is 6.07 Å². The van der Waals surface area contributed by atoms with Gasteiger partial charge in [-0.25, -0.2) is 0 Å². The van der Waals surface area contributed by atoms with Crippen LogP contribution in [0.3, 0.4) is 0 Å². The first-order valence-corrected chi connectivity index (χ1v) is 5.31. The second kappa shape index (κ2) is 4.82. The quantitative estimate of drug-likeness (QED) is 0.754. The van der Waals surface area contributed by atoms with Gasteiger partial charge in [0, 0.05) is 11.8 Å². The Hall–Kier alpha value is -1.44. The summed E-state index contributed by atoms with van der Waals surface area (Å²) in [6.07, 6.45) is 0.363. The predicted octanol–water partition coefficient (Wildman–Crippen LogP) is 3.92. The fourth-order valence-electron chi connectivity index (χ4n) is 1.79.